The van der Waals surface area contributed by atoms with Crippen LogP contribution in [0.4, 0.5) is 16.2 Å². The van der Waals surface area contributed by atoms with Crippen molar-refractivity contribution in [1.29, 1.82) is 0 Å². The zero-order valence-corrected chi connectivity index (χ0v) is 12.0. The predicted molar refractivity (Wildman–Crippen MR) is 79.3 cm³/mol. The maximum atomic E-state index is 12.2. The second-order valence-corrected chi connectivity index (χ2v) is 5.57. The number of aryl methyl sites for hydroxylation is 1. The number of hydrogen-bond donors (Lipinski definition) is 2. The lowest BCUT2D eigenvalue weighted by atomic mass is 9.99. The van der Waals surface area contributed by atoms with Gasteiger partial charge < -0.3 is 16.0 Å². The molecule has 0 saturated carbocycles. The fourth-order valence-corrected chi connectivity index (χ4v) is 2.40. The average Bonchev–Trinajstić information content (AvgIpc) is 2.40. The van der Waals surface area contributed by atoms with E-state index in [2.05, 4.69) is 12.2 Å². The molecule has 0 bridgehead atoms. The molecule has 2 rings (SSSR count). The molecule has 104 valence electrons. The third-order valence-electron chi connectivity index (χ3n) is 4.07. The summed E-state index contributed by atoms with van der Waals surface area (Å²) in [5.41, 5.74) is 9.51. The van der Waals surface area contributed by atoms with Crippen LogP contribution >= 0.6 is 0 Å². The number of carbonyl (C=O) groups excluding carboxylic acids is 1. The number of urea groups is 1. The lowest BCUT2D eigenvalue weighted by Crippen LogP contribution is -2.40. The van der Waals surface area contributed by atoms with Gasteiger partial charge in [-0.15, -0.1) is 0 Å². The first-order chi connectivity index (χ1) is 8.99. The Morgan fingerprint density at radius 2 is 1.95 bits per heavy atom. The lowest BCUT2D eigenvalue weighted by molar-refractivity contribution is 0.186. The molecule has 1 aliphatic rings. The minimum atomic E-state index is -0.0349. The van der Waals surface area contributed by atoms with Crippen LogP contribution in [-0.2, 0) is 0 Å². The molecule has 4 heteroatoms. The number of nitrogens with two attached hydrogens (primary N) is 1. The van der Waals surface area contributed by atoms with Crippen molar-refractivity contribution in [3.05, 3.63) is 23.3 Å². The Kier molecular flexibility index (Phi) is 3.98. The van der Waals surface area contributed by atoms with Crippen LogP contribution in [0.25, 0.3) is 0 Å². The van der Waals surface area contributed by atoms with E-state index < -0.39 is 0 Å². The third-order valence-corrected chi connectivity index (χ3v) is 4.07. The van der Waals surface area contributed by atoms with Crippen molar-refractivity contribution < 1.29 is 4.79 Å². The Morgan fingerprint density at radius 3 is 2.58 bits per heavy atom. The van der Waals surface area contributed by atoms with Gasteiger partial charge >= 0.3 is 6.03 Å². The van der Waals surface area contributed by atoms with Gasteiger partial charge in [-0.05, 0) is 49.8 Å². The molecular weight excluding hydrogens is 238 g/mol. The van der Waals surface area contributed by atoms with E-state index in [0.29, 0.717) is 5.69 Å². The summed E-state index contributed by atoms with van der Waals surface area (Å²) >= 11 is 0. The Balaban J connectivity index is 2.09. The number of nitrogens with one attached hydrogen (secondary N) is 1. The summed E-state index contributed by atoms with van der Waals surface area (Å²) < 4.78 is 0. The fraction of sp³-hybridized carbons (Fsp3) is 0.533. The highest BCUT2D eigenvalue weighted by atomic mass is 16.2. The first-order valence-corrected chi connectivity index (χ1v) is 6.90. The van der Waals surface area contributed by atoms with Gasteiger partial charge in [-0.25, -0.2) is 4.79 Å². The van der Waals surface area contributed by atoms with Gasteiger partial charge in [0.05, 0.1) is 11.4 Å². The summed E-state index contributed by atoms with van der Waals surface area (Å²) in [6.45, 7) is 7.90. The molecule has 3 N–H and O–H groups in total. The van der Waals surface area contributed by atoms with E-state index in [4.69, 9.17) is 5.73 Å². The molecule has 4 nitrogen and oxygen atoms in total. The van der Waals surface area contributed by atoms with Crippen LogP contribution in [0.2, 0.25) is 0 Å². The standard InChI is InChI=1S/C15H23N3O/c1-10-6-8-18(9-7-10)15(19)17-14-12(3)11(2)4-5-13(14)16/h4-5,10H,6-9,16H2,1-3H3,(H,17,19). The molecule has 0 unspecified atom stereocenters. The zero-order chi connectivity index (χ0) is 14.0. The Hall–Kier alpha value is -1.71. The third kappa shape index (κ3) is 3.00. The fourth-order valence-electron chi connectivity index (χ4n) is 2.40. The van der Waals surface area contributed by atoms with Gasteiger partial charge in [0.15, 0.2) is 0 Å². The van der Waals surface area contributed by atoms with Gasteiger partial charge in [0.2, 0.25) is 0 Å². The van der Waals surface area contributed by atoms with Crippen LogP contribution in [0.1, 0.15) is 30.9 Å². The summed E-state index contributed by atoms with van der Waals surface area (Å²) in [4.78, 5) is 14.1. The van der Waals surface area contributed by atoms with Gasteiger partial charge in [0, 0.05) is 13.1 Å². The topological polar surface area (TPSA) is 58.4 Å². The van der Waals surface area contributed by atoms with Crippen molar-refractivity contribution in [2.24, 2.45) is 5.92 Å². The number of piperidine rings is 1. The molecule has 1 aromatic carbocycles. The Morgan fingerprint density at radius 1 is 1.32 bits per heavy atom. The first kappa shape index (κ1) is 13.7. The Labute approximate surface area is 115 Å². The number of anilines is 2. The predicted octanol–water partition coefficient (Wildman–Crippen LogP) is 3.15. The lowest BCUT2D eigenvalue weighted by Gasteiger charge is -2.30. The molecule has 1 saturated heterocycles. The smallest absolute Gasteiger partial charge is 0.321 e. The number of amides is 2. The number of likely N-dealkylation sites (tertiary alicyclic amines) is 1. The highest BCUT2D eigenvalue weighted by molar-refractivity contribution is 5.94. The van der Waals surface area contributed by atoms with E-state index in [1.165, 1.54) is 0 Å². The monoisotopic (exact) mass is 261 g/mol. The zero-order valence-electron chi connectivity index (χ0n) is 12.0. The maximum Gasteiger partial charge on any atom is 0.321 e. The maximum absolute atomic E-state index is 12.2. The van der Waals surface area contributed by atoms with Crippen molar-refractivity contribution >= 4 is 17.4 Å². The van der Waals surface area contributed by atoms with Gasteiger partial charge in [0.25, 0.3) is 0 Å². The summed E-state index contributed by atoms with van der Waals surface area (Å²) in [5, 5.41) is 2.97. The van der Waals surface area contributed by atoms with Crippen LogP contribution in [0, 0.1) is 19.8 Å². The van der Waals surface area contributed by atoms with Crippen LogP contribution in [0.5, 0.6) is 0 Å². The van der Waals surface area contributed by atoms with Crippen molar-refractivity contribution in [2.45, 2.75) is 33.6 Å². The summed E-state index contributed by atoms with van der Waals surface area (Å²) in [6.07, 6.45) is 2.16. The molecular formula is C15H23N3O. The van der Waals surface area contributed by atoms with Crippen molar-refractivity contribution in [2.75, 3.05) is 24.1 Å². The second-order valence-electron chi connectivity index (χ2n) is 5.57. The molecule has 2 amide bonds. The van der Waals surface area contributed by atoms with Crippen molar-refractivity contribution in [3.8, 4) is 0 Å². The normalized spacial score (nSPS) is 16.5. The van der Waals surface area contributed by atoms with Gasteiger partial charge in [-0.1, -0.05) is 13.0 Å². The molecule has 19 heavy (non-hydrogen) atoms. The van der Waals surface area contributed by atoms with Gasteiger partial charge in [0.1, 0.15) is 0 Å². The number of benzene rings is 1. The number of hydrogen-bond acceptors (Lipinski definition) is 2. The first-order valence-electron chi connectivity index (χ1n) is 6.90. The number of nitrogen functional groups attached to an aromatic ring is 1. The summed E-state index contributed by atoms with van der Waals surface area (Å²) in [7, 11) is 0. The van der Waals surface area contributed by atoms with Crippen molar-refractivity contribution in [1.82, 2.24) is 4.90 Å². The van der Waals surface area contributed by atoms with E-state index in [1.807, 2.05) is 30.9 Å². The molecule has 0 aromatic heterocycles. The molecule has 1 aromatic rings. The van der Waals surface area contributed by atoms with Crippen LogP contribution in [0.3, 0.4) is 0 Å². The minimum Gasteiger partial charge on any atom is -0.397 e. The molecule has 0 spiro atoms. The SMILES string of the molecule is Cc1ccc(N)c(NC(=O)N2CCC(C)CC2)c1C. The van der Waals surface area contributed by atoms with E-state index in [9.17, 15) is 4.79 Å². The minimum absolute atomic E-state index is 0.0349. The van der Waals surface area contributed by atoms with E-state index in [0.717, 1.165) is 48.7 Å². The number of rotatable bonds is 1. The average molecular weight is 261 g/mol. The van der Waals surface area contributed by atoms with Crippen LogP contribution in [-0.4, -0.2) is 24.0 Å². The molecule has 1 fully saturated rings. The van der Waals surface area contributed by atoms with Crippen molar-refractivity contribution in [3.63, 3.8) is 0 Å². The highest BCUT2D eigenvalue weighted by Crippen LogP contribution is 2.26. The second kappa shape index (κ2) is 5.51. The summed E-state index contributed by atoms with van der Waals surface area (Å²) in [6, 6.07) is 3.78. The van der Waals surface area contributed by atoms with Crippen LogP contribution < -0.4 is 11.1 Å². The summed E-state index contributed by atoms with van der Waals surface area (Å²) in [5.74, 6) is 0.717. The number of nitrogens with zero attached hydrogens (tertiary/aromatic N) is 1. The van der Waals surface area contributed by atoms with E-state index in [-0.39, 0.29) is 6.03 Å². The number of carbonyl (C=O) groups is 1. The highest BCUT2D eigenvalue weighted by Gasteiger charge is 2.21. The molecule has 1 aliphatic heterocycles. The largest absolute Gasteiger partial charge is 0.397 e. The van der Waals surface area contributed by atoms with Gasteiger partial charge in [-0.2, -0.15) is 0 Å². The molecule has 0 atom stereocenters. The van der Waals surface area contributed by atoms with Gasteiger partial charge in [-0.3, -0.25) is 0 Å². The van der Waals surface area contributed by atoms with E-state index >= 15 is 0 Å². The molecule has 0 radical (unpaired) electrons. The van der Waals surface area contributed by atoms with Crippen LogP contribution in [0.15, 0.2) is 12.1 Å². The quantitative estimate of drug-likeness (QED) is 0.763. The Bertz CT molecular complexity index is 477. The molecule has 0 aliphatic carbocycles. The molecule has 1 heterocycles. The van der Waals surface area contributed by atoms with E-state index in [1.54, 1.807) is 0 Å².